The lowest BCUT2D eigenvalue weighted by atomic mass is 10.0. The van der Waals surface area contributed by atoms with Crippen molar-refractivity contribution in [3.8, 4) is 11.5 Å². The molecule has 0 amide bonds. The van der Waals surface area contributed by atoms with Crippen LogP contribution in [0, 0.1) is 13.8 Å². The van der Waals surface area contributed by atoms with Crippen molar-refractivity contribution in [2.24, 2.45) is 0 Å². The van der Waals surface area contributed by atoms with Crippen molar-refractivity contribution in [2.75, 3.05) is 6.54 Å². The molecule has 1 aliphatic rings. The van der Waals surface area contributed by atoms with Crippen LogP contribution in [0.5, 0.6) is 0 Å². The van der Waals surface area contributed by atoms with Crippen LogP contribution in [0.3, 0.4) is 0 Å². The molecule has 1 aromatic carbocycles. The quantitative estimate of drug-likeness (QED) is 0.741. The van der Waals surface area contributed by atoms with E-state index in [0.29, 0.717) is 0 Å². The van der Waals surface area contributed by atoms with Crippen LogP contribution < -0.4 is 11.0 Å². The number of fused-ring (bicyclic) bond motifs is 1. The van der Waals surface area contributed by atoms with Gasteiger partial charge in [-0.05, 0) is 44.0 Å². The Kier molecular flexibility index (Phi) is 3.81. The molecule has 0 aliphatic carbocycles. The van der Waals surface area contributed by atoms with E-state index in [9.17, 15) is 4.79 Å². The van der Waals surface area contributed by atoms with Gasteiger partial charge in [0, 0.05) is 42.0 Å². The van der Waals surface area contributed by atoms with Crippen molar-refractivity contribution < 1.29 is 0 Å². The van der Waals surface area contributed by atoms with Crippen LogP contribution >= 0.6 is 11.6 Å². The molecule has 2 N–H and O–H groups in total. The molecule has 0 fully saturated rings. The second-order valence-electron chi connectivity index (χ2n) is 6.55. The van der Waals surface area contributed by atoms with Crippen LogP contribution in [0.2, 0.25) is 5.02 Å². The zero-order valence-electron chi connectivity index (χ0n) is 14.4. The highest BCUT2D eigenvalue weighted by Gasteiger charge is 2.28. The summed E-state index contributed by atoms with van der Waals surface area (Å²) >= 11 is 6.33. The third kappa shape index (κ3) is 2.53. The third-order valence-electron chi connectivity index (χ3n) is 4.76. The number of imidazole rings is 1. The van der Waals surface area contributed by atoms with E-state index >= 15 is 0 Å². The highest BCUT2D eigenvalue weighted by atomic mass is 35.5. The summed E-state index contributed by atoms with van der Waals surface area (Å²) in [7, 11) is 0. The number of nitrogens with one attached hydrogen (secondary N) is 2. The van der Waals surface area contributed by atoms with E-state index in [2.05, 4.69) is 17.2 Å². The van der Waals surface area contributed by atoms with Crippen molar-refractivity contribution in [3.63, 3.8) is 0 Å². The zero-order chi connectivity index (χ0) is 17.7. The molecule has 0 saturated heterocycles. The fourth-order valence-electron chi connectivity index (χ4n) is 3.55. The highest BCUT2D eigenvalue weighted by molar-refractivity contribution is 6.32. The minimum Gasteiger partial charge on any atom is -0.312 e. The first-order valence-electron chi connectivity index (χ1n) is 8.36. The number of aromatic nitrogens is 4. The Balaban J connectivity index is 2.04. The molecule has 4 rings (SSSR count). The number of halogens is 1. The molecule has 0 unspecified atom stereocenters. The summed E-state index contributed by atoms with van der Waals surface area (Å²) in [6.07, 6.45) is 4.23. The zero-order valence-corrected chi connectivity index (χ0v) is 15.2. The van der Waals surface area contributed by atoms with Crippen molar-refractivity contribution in [1.29, 1.82) is 0 Å². The van der Waals surface area contributed by atoms with Gasteiger partial charge < -0.3 is 10.3 Å². The Labute approximate surface area is 150 Å². The summed E-state index contributed by atoms with van der Waals surface area (Å²) in [5, 5.41) is 9.06. The molecule has 0 bridgehead atoms. The van der Waals surface area contributed by atoms with Gasteiger partial charge in [-0.25, -0.2) is 9.48 Å². The first-order chi connectivity index (χ1) is 12.0. The maximum Gasteiger partial charge on any atom is 0.331 e. The minimum atomic E-state index is -0.177. The molecule has 130 valence electrons. The molecule has 6 nitrogen and oxygen atoms in total. The molecule has 1 aliphatic heterocycles. The van der Waals surface area contributed by atoms with E-state index in [-0.39, 0.29) is 11.7 Å². The molecule has 0 spiro atoms. The molecular formula is C18H20ClN5O. The van der Waals surface area contributed by atoms with Gasteiger partial charge in [0.25, 0.3) is 0 Å². The molecule has 0 saturated carbocycles. The average molecular weight is 358 g/mol. The summed E-state index contributed by atoms with van der Waals surface area (Å²) < 4.78 is 3.48. The molecule has 2 aromatic heterocycles. The standard InChI is InChI=1S/C18H20ClN5O/c1-10-8-13(9-11(2)16(10)19)24-17(23-7-6-21-18(23)25)15-12(3)20-5-4-14(15)22-24/h6-9,12,20H,4-5H2,1-3H3,(H,21,25)/t12-/m0/s1. The average Bonchev–Trinajstić information content (AvgIpc) is 3.16. The van der Waals surface area contributed by atoms with Gasteiger partial charge in [-0.15, -0.1) is 0 Å². The maximum absolute atomic E-state index is 12.3. The van der Waals surface area contributed by atoms with Crippen LogP contribution in [-0.2, 0) is 6.42 Å². The van der Waals surface area contributed by atoms with E-state index in [1.54, 1.807) is 17.0 Å². The van der Waals surface area contributed by atoms with Gasteiger partial charge in [0.05, 0.1) is 11.4 Å². The predicted molar refractivity (Wildman–Crippen MR) is 98.1 cm³/mol. The lowest BCUT2D eigenvalue weighted by Gasteiger charge is -2.21. The largest absolute Gasteiger partial charge is 0.331 e. The summed E-state index contributed by atoms with van der Waals surface area (Å²) in [6.45, 7) is 6.94. The number of hydrogen-bond acceptors (Lipinski definition) is 3. The molecular weight excluding hydrogens is 338 g/mol. The van der Waals surface area contributed by atoms with Crippen LogP contribution in [0.4, 0.5) is 0 Å². The molecule has 7 heteroatoms. The topological polar surface area (TPSA) is 67.6 Å². The van der Waals surface area contributed by atoms with Gasteiger partial charge in [-0.2, -0.15) is 5.10 Å². The van der Waals surface area contributed by atoms with E-state index in [4.69, 9.17) is 16.7 Å². The minimum absolute atomic E-state index is 0.129. The predicted octanol–water partition coefficient (Wildman–Crippen LogP) is 2.83. The Morgan fingerprint density at radius 2 is 2.00 bits per heavy atom. The van der Waals surface area contributed by atoms with E-state index in [1.165, 1.54) is 0 Å². The number of rotatable bonds is 2. The van der Waals surface area contributed by atoms with Crippen molar-refractivity contribution in [3.05, 3.63) is 62.4 Å². The first-order valence-corrected chi connectivity index (χ1v) is 8.74. The number of aryl methyl sites for hydroxylation is 2. The lowest BCUT2D eigenvalue weighted by Crippen LogP contribution is -2.29. The van der Waals surface area contributed by atoms with Gasteiger partial charge in [-0.1, -0.05) is 11.6 Å². The van der Waals surface area contributed by atoms with Crippen LogP contribution in [0.15, 0.2) is 29.3 Å². The lowest BCUT2D eigenvalue weighted by molar-refractivity contribution is 0.536. The van der Waals surface area contributed by atoms with E-state index < -0.39 is 0 Å². The molecule has 0 radical (unpaired) electrons. The van der Waals surface area contributed by atoms with Crippen LogP contribution in [0.25, 0.3) is 11.5 Å². The van der Waals surface area contributed by atoms with Gasteiger partial charge in [0.15, 0.2) is 0 Å². The van der Waals surface area contributed by atoms with Gasteiger partial charge in [-0.3, -0.25) is 4.57 Å². The smallest absolute Gasteiger partial charge is 0.312 e. The Hall–Kier alpha value is -2.31. The van der Waals surface area contributed by atoms with Gasteiger partial charge in [0.1, 0.15) is 5.82 Å². The Morgan fingerprint density at radius 3 is 2.64 bits per heavy atom. The fourth-order valence-corrected chi connectivity index (χ4v) is 3.66. The molecule has 25 heavy (non-hydrogen) atoms. The van der Waals surface area contributed by atoms with E-state index in [1.807, 2.05) is 30.7 Å². The molecule has 3 aromatic rings. The number of benzene rings is 1. The van der Waals surface area contributed by atoms with Crippen molar-refractivity contribution >= 4 is 11.6 Å². The highest BCUT2D eigenvalue weighted by Crippen LogP contribution is 2.32. The normalized spacial score (nSPS) is 16.9. The Bertz CT molecular complexity index is 990. The second kappa shape index (κ2) is 5.89. The molecule has 1 atom stereocenters. The number of hydrogen-bond donors (Lipinski definition) is 2. The second-order valence-corrected chi connectivity index (χ2v) is 6.93. The maximum atomic E-state index is 12.3. The summed E-state index contributed by atoms with van der Waals surface area (Å²) in [6, 6.07) is 4.14. The number of aromatic amines is 1. The Morgan fingerprint density at radius 1 is 1.28 bits per heavy atom. The van der Waals surface area contributed by atoms with Crippen molar-refractivity contribution in [1.82, 2.24) is 24.6 Å². The van der Waals surface area contributed by atoms with Gasteiger partial charge in [0.2, 0.25) is 0 Å². The van der Waals surface area contributed by atoms with Crippen LogP contribution in [-0.4, -0.2) is 25.9 Å². The van der Waals surface area contributed by atoms with Crippen molar-refractivity contribution in [2.45, 2.75) is 33.2 Å². The molecule has 3 heterocycles. The monoisotopic (exact) mass is 357 g/mol. The summed E-state index contributed by atoms with van der Waals surface area (Å²) in [5.74, 6) is 0.780. The van der Waals surface area contributed by atoms with Gasteiger partial charge >= 0.3 is 5.69 Å². The number of H-pyrrole nitrogens is 1. The SMILES string of the molecule is Cc1cc(-n2nc3c(c2-n2cc[nH]c2=O)[C@H](C)NCC3)cc(C)c1Cl. The first kappa shape index (κ1) is 16.2. The number of nitrogens with zero attached hydrogens (tertiary/aromatic N) is 3. The summed E-state index contributed by atoms with van der Waals surface area (Å²) in [5.41, 5.74) is 4.80. The fraction of sp³-hybridized carbons (Fsp3) is 0.333. The third-order valence-corrected chi connectivity index (χ3v) is 5.36. The van der Waals surface area contributed by atoms with E-state index in [0.717, 1.165) is 51.9 Å². The van der Waals surface area contributed by atoms with Crippen LogP contribution in [0.1, 0.15) is 35.3 Å². The summed E-state index contributed by atoms with van der Waals surface area (Å²) in [4.78, 5) is 15.0.